The second-order valence-electron chi connectivity index (χ2n) is 7.95. The first-order valence-electron chi connectivity index (χ1n) is 10.7. The lowest BCUT2D eigenvalue weighted by atomic mass is 9.96. The molecule has 2 aromatic rings. The van der Waals surface area contributed by atoms with Gasteiger partial charge in [0.1, 0.15) is 5.82 Å². The van der Waals surface area contributed by atoms with Crippen LogP contribution in [0.25, 0.3) is 11.4 Å². The molecule has 1 aliphatic heterocycles. The number of hydrogen-bond donors (Lipinski definition) is 1. The third-order valence-electron chi connectivity index (χ3n) is 5.86. The first-order valence-corrected chi connectivity index (χ1v) is 10.7. The Labute approximate surface area is 167 Å². The number of hydrogen-bond acceptors (Lipinski definition) is 4. The van der Waals surface area contributed by atoms with Crippen LogP contribution in [0.1, 0.15) is 50.3 Å². The number of benzene rings is 1. The number of rotatable bonds is 6. The average Bonchev–Trinajstić information content (AvgIpc) is 3.22. The molecule has 28 heavy (non-hydrogen) atoms. The molecule has 148 valence electrons. The fraction of sp³-hybridized carbons (Fsp3) is 0.522. The number of aromatic nitrogens is 2. The minimum absolute atomic E-state index is 0.0535. The van der Waals surface area contributed by atoms with Gasteiger partial charge in [0.15, 0.2) is 5.82 Å². The lowest BCUT2D eigenvalue weighted by Gasteiger charge is -2.34. The molecule has 1 aliphatic carbocycles. The molecule has 1 fully saturated rings. The van der Waals surface area contributed by atoms with Crippen LogP contribution in [0.2, 0.25) is 0 Å². The summed E-state index contributed by atoms with van der Waals surface area (Å²) < 4.78 is 0. The molecule has 0 unspecified atom stereocenters. The van der Waals surface area contributed by atoms with Crippen LogP contribution in [0.3, 0.4) is 0 Å². The molecular weight excluding hydrogens is 348 g/mol. The van der Waals surface area contributed by atoms with Gasteiger partial charge in [-0.3, -0.25) is 4.79 Å². The van der Waals surface area contributed by atoms with Crippen molar-refractivity contribution in [3.8, 4) is 11.4 Å². The van der Waals surface area contributed by atoms with Gasteiger partial charge in [0.2, 0.25) is 5.91 Å². The molecule has 2 aliphatic rings. The van der Waals surface area contributed by atoms with E-state index >= 15 is 0 Å². The Balaban J connectivity index is 1.58. The summed E-state index contributed by atoms with van der Waals surface area (Å²) in [6, 6.07) is 10.2. The van der Waals surface area contributed by atoms with Crippen LogP contribution < -0.4 is 10.2 Å². The van der Waals surface area contributed by atoms with Crippen molar-refractivity contribution in [3.63, 3.8) is 0 Å². The highest BCUT2D eigenvalue weighted by atomic mass is 16.1. The van der Waals surface area contributed by atoms with Crippen molar-refractivity contribution >= 4 is 11.7 Å². The smallest absolute Gasteiger partial charge is 0.224 e. The monoisotopic (exact) mass is 378 g/mol. The number of nitrogens with one attached hydrogen (secondary N) is 1. The fourth-order valence-electron chi connectivity index (χ4n) is 4.31. The summed E-state index contributed by atoms with van der Waals surface area (Å²) in [5.41, 5.74) is 3.55. The molecule has 2 heterocycles. The lowest BCUT2D eigenvalue weighted by Crippen LogP contribution is -2.44. The van der Waals surface area contributed by atoms with Crippen molar-refractivity contribution in [2.75, 3.05) is 24.5 Å². The number of amides is 1. The molecule has 1 N–H and O–H groups in total. The number of carbonyl (C=O) groups excluding carboxylic acids is 1. The minimum atomic E-state index is 0.0535. The average molecular weight is 379 g/mol. The Morgan fingerprint density at radius 1 is 1.18 bits per heavy atom. The number of fused-ring (bicyclic) bond motifs is 1. The van der Waals surface area contributed by atoms with Crippen LogP contribution in [-0.4, -0.2) is 35.5 Å². The number of nitrogens with zero attached hydrogens (tertiary/aromatic N) is 3. The van der Waals surface area contributed by atoms with Gasteiger partial charge in [-0.25, -0.2) is 9.97 Å². The molecule has 5 heteroatoms. The minimum Gasteiger partial charge on any atom is -0.356 e. The number of unbranched alkanes of at least 4 members (excludes halogenated alkanes) is 1. The Hall–Kier alpha value is -2.43. The summed E-state index contributed by atoms with van der Waals surface area (Å²) in [6.07, 6.45) is 7.36. The van der Waals surface area contributed by atoms with Crippen molar-refractivity contribution in [1.82, 2.24) is 15.3 Å². The van der Waals surface area contributed by atoms with Crippen LogP contribution in [0, 0.1) is 5.92 Å². The maximum Gasteiger partial charge on any atom is 0.224 e. The summed E-state index contributed by atoms with van der Waals surface area (Å²) >= 11 is 0. The van der Waals surface area contributed by atoms with Crippen LogP contribution >= 0.6 is 0 Å². The van der Waals surface area contributed by atoms with Gasteiger partial charge in [-0.15, -0.1) is 0 Å². The van der Waals surface area contributed by atoms with Crippen molar-refractivity contribution < 1.29 is 4.79 Å². The summed E-state index contributed by atoms with van der Waals surface area (Å²) in [5.74, 6) is 2.13. The van der Waals surface area contributed by atoms with E-state index in [0.717, 1.165) is 81.8 Å². The highest BCUT2D eigenvalue weighted by molar-refractivity contribution is 5.79. The van der Waals surface area contributed by atoms with Crippen molar-refractivity contribution in [3.05, 3.63) is 41.6 Å². The molecule has 5 nitrogen and oxygen atoms in total. The molecule has 1 aromatic carbocycles. The largest absolute Gasteiger partial charge is 0.356 e. The molecule has 1 amide bonds. The fourth-order valence-corrected chi connectivity index (χ4v) is 4.31. The van der Waals surface area contributed by atoms with E-state index < -0.39 is 0 Å². The highest BCUT2D eigenvalue weighted by Gasteiger charge is 2.30. The number of aryl methyl sites for hydroxylation is 1. The Kier molecular flexibility index (Phi) is 5.89. The maximum atomic E-state index is 12.6. The van der Waals surface area contributed by atoms with Crippen molar-refractivity contribution in [2.24, 2.45) is 5.92 Å². The van der Waals surface area contributed by atoms with E-state index in [0.29, 0.717) is 0 Å². The van der Waals surface area contributed by atoms with Crippen molar-refractivity contribution in [2.45, 2.75) is 51.9 Å². The first kappa shape index (κ1) is 18.9. The van der Waals surface area contributed by atoms with E-state index in [2.05, 4.69) is 29.3 Å². The zero-order chi connectivity index (χ0) is 19.3. The van der Waals surface area contributed by atoms with E-state index in [1.54, 1.807) is 0 Å². The van der Waals surface area contributed by atoms with Gasteiger partial charge in [0, 0.05) is 36.5 Å². The molecule has 0 radical (unpaired) electrons. The molecule has 1 saturated heterocycles. The van der Waals surface area contributed by atoms with Gasteiger partial charge < -0.3 is 10.2 Å². The third-order valence-corrected chi connectivity index (χ3v) is 5.86. The van der Waals surface area contributed by atoms with Crippen LogP contribution in [0.5, 0.6) is 0 Å². The number of anilines is 1. The van der Waals surface area contributed by atoms with Gasteiger partial charge in [-0.2, -0.15) is 0 Å². The SMILES string of the molecule is CCCCNC(=O)[C@@H]1CCCN(c2nc(-c3ccccc3)nc3c2CCC3)C1. The Morgan fingerprint density at radius 2 is 2.04 bits per heavy atom. The van der Waals surface area contributed by atoms with Crippen molar-refractivity contribution in [1.29, 1.82) is 0 Å². The quantitative estimate of drug-likeness (QED) is 0.778. The molecular formula is C23H30N4O. The molecule has 4 rings (SSSR count). The molecule has 0 saturated carbocycles. The van der Waals surface area contributed by atoms with Crippen LogP contribution in [0.4, 0.5) is 5.82 Å². The first-order chi connectivity index (χ1) is 13.8. The Bertz CT molecular complexity index is 821. The molecule has 1 aromatic heterocycles. The second-order valence-corrected chi connectivity index (χ2v) is 7.95. The standard InChI is InChI=1S/C23H30N4O/c1-2-3-14-24-23(28)18-11-8-15-27(16-18)22-19-12-7-13-20(19)25-21(26-22)17-9-5-4-6-10-17/h4-6,9-10,18H,2-3,7-8,11-16H2,1H3,(H,24,28)/t18-/m1/s1. The lowest BCUT2D eigenvalue weighted by molar-refractivity contribution is -0.125. The van der Waals surface area contributed by atoms with Gasteiger partial charge >= 0.3 is 0 Å². The van der Waals surface area contributed by atoms with E-state index in [9.17, 15) is 4.79 Å². The topological polar surface area (TPSA) is 58.1 Å². The van der Waals surface area contributed by atoms with E-state index in [-0.39, 0.29) is 11.8 Å². The van der Waals surface area contributed by atoms with E-state index in [1.807, 2.05) is 18.2 Å². The third kappa shape index (κ3) is 4.03. The number of carbonyl (C=O) groups is 1. The second kappa shape index (κ2) is 8.72. The molecule has 0 bridgehead atoms. The van der Waals surface area contributed by atoms with E-state index in [4.69, 9.17) is 9.97 Å². The van der Waals surface area contributed by atoms with Gasteiger partial charge in [-0.1, -0.05) is 43.7 Å². The van der Waals surface area contributed by atoms with Gasteiger partial charge in [-0.05, 0) is 38.5 Å². The predicted octanol–water partition coefficient (Wildman–Crippen LogP) is 3.77. The molecule has 0 spiro atoms. The molecule has 1 atom stereocenters. The summed E-state index contributed by atoms with van der Waals surface area (Å²) in [5, 5.41) is 3.12. The highest BCUT2D eigenvalue weighted by Crippen LogP contribution is 2.33. The zero-order valence-electron chi connectivity index (χ0n) is 16.8. The maximum absolute atomic E-state index is 12.6. The summed E-state index contributed by atoms with van der Waals surface area (Å²) in [7, 11) is 0. The normalized spacial score (nSPS) is 18.8. The van der Waals surface area contributed by atoms with Crippen LogP contribution in [0.15, 0.2) is 30.3 Å². The summed E-state index contributed by atoms with van der Waals surface area (Å²) in [6.45, 7) is 4.66. The van der Waals surface area contributed by atoms with Gasteiger partial charge in [0.05, 0.1) is 5.92 Å². The van der Waals surface area contributed by atoms with Gasteiger partial charge in [0.25, 0.3) is 0 Å². The Morgan fingerprint density at radius 3 is 2.86 bits per heavy atom. The zero-order valence-corrected chi connectivity index (χ0v) is 16.8. The predicted molar refractivity (Wildman–Crippen MR) is 112 cm³/mol. The summed E-state index contributed by atoms with van der Waals surface area (Å²) in [4.78, 5) is 24.8. The van der Waals surface area contributed by atoms with Crippen LogP contribution in [-0.2, 0) is 17.6 Å². The number of piperidine rings is 1. The van der Waals surface area contributed by atoms with E-state index in [1.165, 1.54) is 11.3 Å².